The van der Waals surface area contributed by atoms with Crippen LogP contribution in [0.5, 0.6) is 0 Å². The summed E-state index contributed by atoms with van der Waals surface area (Å²) < 4.78 is 2.29. The van der Waals surface area contributed by atoms with E-state index in [4.69, 9.17) is 0 Å². The number of thioether (sulfide) groups is 1. The smallest absolute Gasteiger partial charge is 0.232 e. The summed E-state index contributed by atoms with van der Waals surface area (Å²) in [6.45, 7) is 4.81. The van der Waals surface area contributed by atoms with Crippen LogP contribution < -0.4 is 0 Å². The Morgan fingerprint density at radius 3 is 2.54 bits per heavy atom. The minimum atomic E-state index is 0.267. The summed E-state index contributed by atoms with van der Waals surface area (Å²) >= 11 is 1.67. The number of para-hydroxylation sites is 1. The van der Waals surface area contributed by atoms with Gasteiger partial charge < -0.3 is 9.47 Å². The molecule has 26 heavy (non-hydrogen) atoms. The second kappa shape index (κ2) is 7.58. The van der Waals surface area contributed by atoms with Crippen molar-refractivity contribution in [2.45, 2.75) is 31.2 Å². The van der Waals surface area contributed by atoms with Crippen LogP contribution in [0.4, 0.5) is 0 Å². The molecule has 3 aromatic rings. The van der Waals surface area contributed by atoms with Crippen molar-refractivity contribution in [1.29, 1.82) is 0 Å². The van der Waals surface area contributed by atoms with Gasteiger partial charge in [0, 0.05) is 41.6 Å². The third-order valence-electron chi connectivity index (χ3n) is 5.04. The largest absolute Gasteiger partial charge is 0.342 e. The van der Waals surface area contributed by atoms with Gasteiger partial charge in [0.1, 0.15) is 0 Å². The van der Waals surface area contributed by atoms with Crippen molar-refractivity contribution < 1.29 is 4.79 Å². The summed E-state index contributed by atoms with van der Waals surface area (Å²) in [5, 5.41) is 1.24. The van der Waals surface area contributed by atoms with Crippen molar-refractivity contribution >= 4 is 28.6 Å². The molecule has 0 N–H and O–H groups in total. The standard InChI is InChI=1S/C22H24N2OS/c1-17-8-10-18(11-9-17)14-24-15-21(19-6-2-3-7-20(19)24)26-16-22(25)23-12-4-5-13-23/h2-3,6-11,15H,4-5,12-14,16H2,1H3. The molecule has 0 atom stereocenters. The Bertz CT molecular complexity index is 908. The fourth-order valence-electron chi connectivity index (χ4n) is 3.55. The van der Waals surface area contributed by atoms with Gasteiger partial charge in [-0.05, 0) is 31.4 Å². The highest BCUT2D eigenvalue weighted by Gasteiger charge is 2.18. The molecule has 0 aliphatic carbocycles. The molecule has 1 fully saturated rings. The lowest BCUT2D eigenvalue weighted by molar-refractivity contribution is -0.127. The molecule has 1 amide bonds. The molecule has 0 radical (unpaired) electrons. The first-order valence-corrected chi connectivity index (χ1v) is 10.2. The molecular formula is C22H24N2OS. The number of likely N-dealkylation sites (tertiary alicyclic amines) is 1. The second-order valence-electron chi connectivity index (χ2n) is 7.00. The van der Waals surface area contributed by atoms with Crippen molar-refractivity contribution in [3.05, 3.63) is 65.9 Å². The predicted octanol–water partition coefficient (Wildman–Crippen LogP) is 4.71. The van der Waals surface area contributed by atoms with E-state index in [0.717, 1.165) is 32.5 Å². The van der Waals surface area contributed by atoms with Gasteiger partial charge in [0.15, 0.2) is 0 Å². The van der Waals surface area contributed by atoms with Gasteiger partial charge in [0.05, 0.1) is 5.75 Å². The first kappa shape index (κ1) is 17.2. The summed E-state index contributed by atoms with van der Waals surface area (Å²) in [4.78, 5) is 15.6. The lowest BCUT2D eigenvalue weighted by Crippen LogP contribution is -2.29. The number of aryl methyl sites for hydroxylation is 1. The zero-order chi connectivity index (χ0) is 17.9. The van der Waals surface area contributed by atoms with E-state index < -0.39 is 0 Å². The van der Waals surface area contributed by atoms with Crippen molar-refractivity contribution in [2.24, 2.45) is 0 Å². The SMILES string of the molecule is Cc1ccc(Cn2cc(SCC(=O)N3CCCC3)c3ccccc32)cc1. The molecule has 2 heterocycles. The number of aromatic nitrogens is 1. The van der Waals surface area contributed by atoms with Gasteiger partial charge in [0.25, 0.3) is 0 Å². The Morgan fingerprint density at radius 2 is 1.77 bits per heavy atom. The molecule has 4 heteroatoms. The van der Waals surface area contributed by atoms with Gasteiger partial charge in [-0.25, -0.2) is 0 Å². The maximum Gasteiger partial charge on any atom is 0.232 e. The molecule has 1 aliphatic heterocycles. The Balaban J connectivity index is 1.55. The average Bonchev–Trinajstić information content (AvgIpc) is 3.31. The highest BCUT2D eigenvalue weighted by Crippen LogP contribution is 2.31. The van der Waals surface area contributed by atoms with Crippen molar-refractivity contribution in [2.75, 3.05) is 18.8 Å². The molecule has 2 aromatic carbocycles. The summed E-state index contributed by atoms with van der Waals surface area (Å²) in [6.07, 6.45) is 4.49. The van der Waals surface area contributed by atoms with E-state index in [1.54, 1.807) is 11.8 Å². The van der Waals surface area contributed by atoms with Crippen LogP contribution in [0.15, 0.2) is 59.6 Å². The van der Waals surface area contributed by atoms with E-state index in [9.17, 15) is 4.79 Å². The Kier molecular flexibility index (Phi) is 5.02. The fraction of sp³-hybridized carbons (Fsp3) is 0.318. The zero-order valence-corrected chi connectivity index (χ0v) is 16.0. The zero-order valence-electron chi connectivity index (χ0n) is 15.1. The molecule has 4 rings (SSSR count). The van der Waals surface area contributed by atoms with Crippen LogP contribution in [-0.2, 0) is 11.3 Å². The van der Waals surface area contributed by atoms with Crippen LogP contribution >= 0.6 is 11.8 Å². The summed E-state index contributed by atoms with van der Waals surface area (Å²) in [5.74, 6) is 0.793. The number of carbonyl (C=O) groups excluding carboxylic acids is 1. The molecule has 0 saturated carbocycles. The number of fused-ring (bicyclic) bond motifs is 1. The van der Waals surface area contributed by atoms with Gasteiger partial charge in [0.2, 0.25) is 5.91 Å². The number of amides is 1. The van der Waals surface area contributed by atoms with Crippen LogP contribution in [-0.4, -0.2) is 34.2 Å². The minimum absolute atomic E-state index is 0.267. The van der Waals surface area contributed by atoms with E-state index in [2.05, 4.69) is 66.2 Å². The first-order chi connectivity index (χ1) is 12.7. The van der Waals surface area contributed by atoms with E-state index in [-0.39, 0.29) is 5.91 Å². The highest BCUT2D eigenvalue weighted by atomic mass is 32.2. The summed E-state index contributed by atoms with van der Waals surface area (Å²) in [6, 6.07) is 17.2. The molecule has 0 bridgehead atoms. The van der Waals surface area contributed by atoms with E-state index in [0.29, 0.717) is 5.75 Å². The lowest BCUT2D eigenvalue weighted by Gasteiger charge is -2.14. The third kappa shape index (κ3) is 3.65. The molecule has 1 aromatic heterocycles. The van der Waals surface area contributed by atoms with Crippen LogP contribution in [0.2, 0.25) is 0 Å². The van der Waals surface area contributed by atoms with Crippen LogP contribution in [0.3, 0.4) is 0 Å². The molecule has 3 nitrogen and oxygen atoms in total. The van der Waals surface area contributed by atoms with Gasteiger partial charge >= 0.3 is 0 Å². The average molecular weight is 365 g/mol. The van der Waals surface area contributed by atoms with Crippen molar-refractivity contribution in [3.8, 4) is 0 Å². The number of carbonyl (C=O) groups is 1. The third-order valence-corrected chi connectivity index (χ3v) is 6.06. The predicted molar refractivity (Wildman–Crippen MR) is 109 cm³/mol. The normalized spacial score (nSPS) is 14.3. The Morgan fingerprint density at radius 1 is 1.04 bits per heavy atom. The lowest BCUT2D eigenvalue weighted by atomic mass is 10.1. The quantitative estimate of drug-likeness (QED) is 0.613. The molecule has 0 spiro atoms. The maximum atomic E-state index is 12.4. The second-order valence-corrected chi connectivity index (χ2v) is 8.02. The summed E-state index contributed by atoms with van der Waals surface area (Å²) in [7, 11) is 0. The number of benzene rings is 2. The number of nitrogens with zero attached hydrogens (tertiary/aromatic N) is 2. The first-order valence-electron chi connectivity index (χ1n) is 9.25. The van der Waals surface area contributed by atoms with E-state index >= 15 is 0 Å². The van der Waals surface area contributed by atoms with Gasteiger partial charge in [-0.2, -0.15) is 0 Å². The van der Waals surface area contributed by atoms with Gasteiger partial charge in [-0.1, -0.05) is 48.0 Å². The number of hydrogen-bond donors (Lipinski definition) is 0. The van der Waals surface area contributed by atoms with Crippen molar-refractivity contribution in [1.82, 2.24) is 9.47 Å². The maximum absolute atomic E-state index is 12.4. The molecule has 134 valence electrons. The van der Waals surface area contributed by atoms with Crippen LogP contribution in [0, 0.1) is 6.92 Å². The fourth-order valence-corrected chi connectivity index (χ4v) is 4.54. The van der Waals surface area contributed by atoms with E-state index in [1.807, 2.05) is 4.90 Å². The number of rotatable bonds is 5. The molecule has 1 saturated heterocycles. The van der Waals surface area contributed by atoms with Crippen LogP contribution in [0.25, 0.3) is 10.9 Å². The topological polar surface area (TPSA) is 25.2 Å². The minimum Gasteiger partial charge on any atom is -0.342 e. The van der Waals surface area contributed by atoms with Gasteiger partial charge in [-0.15, -0.1) is 11.8 Å². The number of hydrogen-bond acceptors (Lipinski definition) is 2. The van der Waals surface area contributed by atoms with Crippen molar-refractivity contribution in [3.63, 3.8) is 0 Å². The monoisotopic (exact) mass is 364 g/mol. The molecule has 0 unspecified atom stereocenters. The Labute approximate surface area is 159 Å². The highest BCUT2D eigenvalue weighted by molar-refractivity contribution is 8.00. The van der Waals surface area contributed by atoms with Gasteiger partial charge in [-0.3, -0.25) is 4.79 Å². The van der Waals surface area contributed by atoms with E-state index in [1.165, 1.54) is 26.9 Å². The Hall–Kier alpha value is -2.20. The molecular weight excluding hydrogens is 340 g/mol. The summed E-state index contributed by atoms with van der Waals surface area (Å²) in [5.41, 5.74) is 3.80. The molecule has 1 aliphatic rings. The van der Waals surface area contributed by atoms with Crippen LogP contribution in [0.1, 0.15) is 24.0 Å².